The van der Waals surface area contributed by atoms with Crippen LogP contribution in [0.2, 0.25) is 5.02 Å². The number of hydrogen-bond donors (Lipinski definition) is 2. The van der Waals surface area contributed by atoms with E-state index in [1.54, 1.807) is 34.8 Å². The molecule has 2 N–H and O–H groups in total. The molecule has 2 unspecified atom stereocenters. The Morgan fingerprint density at radius 3 is 2.61 bits per heavy atom. The van der Waals surface area contributed by atoms with Gasteiger partial charge in [-0.05, 0) is 67.4 Å². The van der Waals surface area contributed by atoms with Gasteiger partial charge in [0.2, 0.25) is 0 Å². The van der Waals surface area contributed by atoms with E-state index in [1.165, 1.54) is 0 Å². The molecule has 1 saturated heterocycles. The molecular weight excluding hydrogens is 572 g/mol. The van der Waals surface area contributed by atoms with Crippen molar-refractivity contribution < 1.29 is 9.53 Å². The summed E-state index contributed by atoms with van der Waals surface area (Å²) in [6.07, 6.45) is 2.78. The van der Waals surface area contributed by atoms with Crippen LogP contribution in [0.5, 0.6) is 0 Å². The van der Waals surface area contributed by atoms with Gasteiger partial charge in [0, 0.05) is 29.0 Å². The quantitative estimate of drug-likeness (QED) is 0.288. The summed E-state index contributed by atoms with van der Waals surface area (Å²) in [5.74, 6) is -0.0995. The Bertz CT molecular complexity index is 1690. The first-order valence-electron chi connectivity index (χ1n) is 12.0. The van der Waals surface area contributed by atoms with Crippen molar-refractivity contribution in [1.29, 1.82) is 0 Å². The lowest BCUT2D eigenvalue weighted by molar-refractivity contribution is -0.130. The van der Waals surface area contributed by atoms with Gasteiger partial charge in [0.05, 0.1) is 27.4 Å². The van der Waals surface area contributed by atoms with Gasteiger partial charge in [-0.15, -0.1) is 0 Å². The molecule has 1 fully saturated rings. The third-order valence-corrected chi connectivity index (χ3v) is 7.29. The topological polar surface area (TPSA) is 109 Å². The average Bonchev–Trinajstić information content (AvgIpc) is 3.58. The highest BCUT2D eigenvalue weighted by atomic mass is 79.9. The normalized spacial score (nSPS) is 17.6. The van der Waals surface area contributed by atoms with Gasteiger partial charge >= 0.3 is 5.69 Å². The van der Waals surface area contributed by atoms with Gasteiger partial charge in [-0.25, -0.2) is 9.48 Å². The van der Waals surface area contributed by atoms with E-state index in [1.807, 2.05) is 48.7 Å². The van der Waals surface area contributed by atoms with Crippen LogP contribution in [0.4, 0.5) is 0 Å². The minimum absolute atomic E-state index is 0.0995. The highest BCUT2D eigenvalue weighted by Gasteiger charge is 2.40. The predicted octanol–water partition coefficient (Wildman–Crippen LogP) is 5.01. The van der Waals surface area contributed by atoms with Gasteiger partial charge in [-0.3, -0.25) is 9.78 Å². The van der Waals surface area contributed by atoms with Crippen LogP contribution >= 0.6 is 27.5 Å². The molecule has 2 atom stereocenters. The molecule has 0 spiro atoms. The van der Waals surface area contributed by atoms with Gasteiger partial charge in [-0.2, -0.15) is 5.10 Å². The third-order valence-electron chi connectivity index (χ3n) is 6.54. The number of halogens is 2. The van der Waals surface area contributed by atoms with Gasteiger partial charge in [0.1, 0.15) is 11.8 Å². The van der Waals surface area contributed by atoms with Crippen LogP contribution < -0.4 is 5.69 Å². The summed E-state index contributed by atoms with van der Waals surface area (Å²) in [6, 6.07) is 17.1. The number of carbonyl (C=O) groups is 1. The molecule has 1 aliphatic heterocycles. The molecule has 0 radical (unpaired) electrons. The molecule has 192 valence electrons. The number of nitrogens with one attached hydrogen (secondary N) is 2. The summed E-state index contributed by atoms with van der Waals surface area (Å²) in [6.45, 7) is 2.18. The van der Waals surface area contributed by atoms with Crippen molar-refractivity contribution >= 4 is 44.5 Å². The van der Waals surface area contributed by atoms with Crippen molar-refractivity contribution in [1.82, 2.24) is 29.6 Å². The van der Waals surface area contributed by atoms with Crippen LogP contribution in [0.1, 0.15) is 24.3 Å². The standard InChI is InChI=1S/C27H22BrClN6O3/c1-15-25(36)34(11-10-16-2-8-21-23(12-16)32-27(37)31-21)26(38-15)20-14-35(19-6-3-17(28)4-7-19)33-24(20)22-9-5-18(29)13-30-22/h2-9,12-15,26H,10-11H2,1H3,(H2,31,32,37). The van der Waals surface area contributed by atoms with Crippen molar-refractivity contribution in [2.45, 2.75) is 25.7 Å². The van der Waals surface area contributed by atoms with E-state index in [-0.39, 0.29) is 11.6 Å². The van der Waals surface area contributed by atoms with Crippen LogP contribution in [0.25, 0.3) is 28.1 Å². The number of amides is 1. The van der Waals surface area contributed by atoms with Crippen LogP contribution in [0.15, 0.2) is 76.3 Å². The van der Waals surface area contributed by atoms with Crippen LogP contribution in [0.3, 0.4) is 0 Å². The number of pyridine rings is 1. The summed E-state index contributed by atoms with van der Waals surface area (Å²) in [5.41, 5.74) is 5.02. The number of H-pyrrole nitrogens is 2. The second-order valence-corrected chi connectivity index (χ2v) is 10.4. The number of benzene rings is 2. The molecule has 1 amide bonds. The largest absolute Gasteiger partial charge is 0.341 e. The maximum absolute atomic E-state index is 13.2. The minimum atomic E-state index is -0.648. The molecule has 1 aliphatic rings. The number of ether oxygens (including phenoxy) is 1. The molecule has 2 aromatic carbocycles. The minimum Gasteiger partial charge on any atom is -0.341 e. The van der Waals surface area contributed by atoms with Gasteiger partial charge < -0.3 is 19.6 Å². The predicted molar refractivity (Wildman–Crippen MR) is 147 cm³/mol. The number of nitrogens with zero attached hydrogens (tertiary/aromatic N) is 4. The lowest BCUT2D eigenvalue weighted by Crippen LogP contribution is -2.32. The summed E-state index contributed by atoms with van der Waals surface area (Å²) in [5, 5.41) is 5.35. The fourth-order valence-corrected chi connectivity index (χ4v) is 5.01. The lowest BCUT2D eigenvalue weighted by Gasteiger charge is -2.23. The molecule has 9 nitrogen and oxygen atoms in total. The SMILES string of the molecule is CC1OC(c2cn(-c3ccc(Br)cc3)nc2-c2ccc(Cl)cn2)N(CCc2ccc3[nH]c(=O)[nH]c3c2)C1=O. The third kappa shape index (κ3) is 4.66. The smallest absolute Gasteiger partial charge is 0.323 e. The van der Waals surface area contributed by atoms with Gasteiger partial charge in [0.25, 0.3) is 5.91 Å². The maximum atomic E-state index is 13.2. The van der Waals surface area contributed by atoms with E-state index in [0.29, 0.717) is 29.4 Å². The van der Waals surface area contributed by atoms with Crippen LogP contribution in [-0.2, 0) is 16.0 Å². The maximum Gasteiger partial charge on any atom is 0.323 e. The van der Waals surface area contributed by atoms with Gasteiger partial charge in [-0.1, -0.05) is 33.6 Å². The second-order valence-electron chi connectivity index (χ2n) is 9.09. The first kappa shape index (κ1) is 24.6. The number of aromatic nitrogens is 5. The second kappa shape index (κ2) is 9.86. The molecule has 0 bridgehead atoms. The number of rotatable bonds is 6. The number of imidazole rings is 1. The van der Waals surface area contributed by atoms with Crippen LogP contribution in [0, 0.1) is 0 Å². The molecule has 38 heavy (non-hydrogen) atoms. The molecule has 5 aromatic rings. The Balaban J connectivity index is 1.36. The number of aromatic amines is 2. The fraction of sp³-hybridized carbons (Fsp3) is 0.185. The Kier molecular flexibility index (Phi) is 6.38. The Hall–Kier alpha value is -3.73. The van der Waals surface area contributed by atoms with E-state index in [9.17, 15) is 9.59 Å². The summed E-state index contributed by atoms with van der Waals surface area (Å²) in [4.78, 5) is 36.6. The molecule has 4 heterocycles. The first-order chi connectivity index (χ1) is 18.4. The zero-order valence-electron chi connectivity index (χ0n) is 20.2. The van der Waals surface area contributed by atoms with Crippen molar-refractivity contribution in [3.05, 3.63) is 98.1 Å². The summed E-state index contributed by atoms with van der Waals surface area (Å²) < 4.78 is 8.92. The highest BCUT2D eigenvalue weighted by Crippen LogP contribution is 2.37. The van der Waals surface area contributed by atoms with E-state index in [2.05, 4.69) is 30.9 Å². The molecular formula is C27H22BrClN6O3. The van der Waals surface area contributed by atoms with Crippen molar-refractivity contribution in [2.24, 2.45) is 0 Å². The molecule has 0 saturated carbocycles. The Morgan fingerprint density at radius 2 is 1.84 bits per heavy atom. The number of fused-ring (bicyclic) bond motifs is 1. The van der Waals surface area contributed by atoms with Gasteiger partial charge in [0.15, 0.2) is 6.23 Å². The van der Waals surface area contributed by atoms with Crippen molar-refractivity contribution in [3.8, 4) is 17.1 Å². The average molecular weight is 594 g/mol. The Labute approximate surface area is 230 Å². The Morgan fingerprint density at radius 1 is 1.05 bits per heavy atom. The van der Waals surface area contributed by atoms with Crippen molar-refractivity contribution in [3.63, 3.8) is 0 Å². The molecule has 11 heteroatoms. The number of carbonyl (C=O) groups excluding carboxylic acids is 1. The fourth-order valence-electron chi connectivity index (χ4n) is 4.64. The van der Waals surface area contributed by atoms with Crippen LogP contribution in [-0.4, -0.2) is 48.2 Å². The zero-order chi connectivity index (χ0) is 26.4. The monoisotopic (exact) mass is 592 g/mol. The molecule has 0 aliphatic carbocycles. The lowest BCUT2D eigenvalue weighted by atomic mass is 10.1. The van der Waals surface area contributed by atoms with E-state index in [0.717, 1.165) is 32.3 Å². The zero-order valence-corrected chi connectivity index (χ0v) is 22.5. The first-order valence-corrected chi connectivity index (χ1v) is 13.2. The molecule has 6 rings (SSSR count). The van der Waals surface area contributed by atoms with Crippen molar-refractivity contribution in [2.75, 3.05) is 6.54 Å². The summed E-state index contributed by atoms with van der Waals surface area (Å²) >= 11 is 9.56. The highest BCUT2D eigenvalue weighted by molar-refractivity contribution is 9.10. The molecule has 3 aromatic heterocycles. The van der Waals surface area contributed by atoms with E-state index >= 15 is 0 Å². The van der Waals surface area contributed by atoms with E-state index in [4.69, 9.17) is 21.4 Å². The number of hydrogen-bond acceptors (Lipinski definition) is 5. The summed E-state index contributed by atoms with van der Waals surface area (Å²) in [7, 11) is 0. The van der Waals surface area contributed by atoms with E-state index < -0.39 is 12.3 Å².